The minimum atomic E-state index is -0.290. The van der Waals surface area contributed by atoms with E-state index >= 15 is 0 Å². The van der Waals surface area contributed by atoms with E-state index in [1.54, 1.807) is 12.5 Å². The van der Waals surface area contributed by atoms with Crippen LogP contribution in [0.2, 0.25) is 0 Å². The van der Waals surface area contributed by atoms with E-state index in [0.29, 0.717) is 17.4 Å². The van der Waals surface area contributed by atoms with Crippen molar-refractivity contribution >= 4 is 0 Å². The van der Waals surface area contributed by atoms with E-state index in [0.717, 1.165) is 35.3 Å². The standard InChI is InChI=1S/C23H24N6O/c1-23(2,3)29-22-19(20(27-29)15-4-5-15)18(17(12-24)21(25)30-22)14-6-8-16(9-7-14)28-11-10-26-13-28/h6-11,13,15,18H,4-5,25H2,1-3H3. The zero-order valence-corrected chi connectivity index (χ0v) is 17.3. The zero-order chi connectivity index (χ0) is 21.0. The third kappa shape index (κ3) is 2.88. The van der Waals surface area contributed by atoms with Crippen molar-refractivity contribution in [1.82, 2.24) is 19.3 Å². The first kappa shape index (κ1) is 18.5. The summed E-state index contributed by atoms with van der Waals surface area (Å²) in [6.45, 7) is 6.28. The molecule has 0 amide bonds. The number of ether oxygens (including phenoxy) is 1. The van der Waals surface area contributed by atoms with Crippen molar-refractivity contribution in [1.29, 1.82) is 5.26 Å². The maximum atomic E-state index is 9.93. The highest BCUT2D eigenvalue weighted by molar-refractivity contribution is 5.57. The van der Waals surface area contributed by atoms with Gasteiger partial charge in [0.1, 0.15) is 11.6 Å². The molecule has 0 saturated heterocycles. The molecule has 0 bridgehead atoms. The summed E-state index contributed by atoms with van der Waals surface area (Å²) in [5, 5.41) is 14.9. The Morgan fingerprint density at radius 2 is 1.93 bits per heavy atom. The summed E-state index contributed by atoms with van der Waals surface area (Å²) < 4.78 is 9.88. The molecule has 7 heteroatoms. The monoisotopic (exact) mass is 400 g/mol. The molecule has 152 valence electrons. The van der Waals surface area contributed by atoms with Gasteiger partial charge in [-0.15, -0.1) is 0 Å². The van der Waals surface area contributed by atoms with Gasteiger partial charge in [-0.1, -0.05) is 12.1 Å². The Hall–Kier alpha value is -3.53. The number of hydrogen-bond donors (Lipinski definition) is 1. The minimum absolute atomic E-state index is 0.154. The van der Waals surface area contributed by atoms with Crippen molar-refractivity contribution in [3.8, 4) is 17.6 Å². The van der Waals surface area contributed by atoms with Gasteiger partial charge >= 0.3 is 0 Å². The Labute approximate surface area is 175 Å². The molecule has 1 aromatic carbocycles. The minimum Gasteiger partial charge on any atom is -0.422 e. The first-order chi connectivity index (χ1) is 14.4. The second-order valence-corrected chi connectivity index (χ2v) is 8.95. The van der Waals surface area contributed by atoms with Gasteiger partial charge in [-0.3, -0.25) is 0 Å². The fourth-order valence-corrected chi connectivity index (χ4v) is 4.06. The number of hydrogen-bond acceptors (Lipinski definition) is 5. The molecule has 1 saturated carbocycles. The number of aromatic nitrogens is 4. The summed E-state index contributed by atoms with van der Waals surface area (Å²) in [5.41, 5.74) is 10.4. The molecule has 0 spiro atoms. The van der Waals surface area contributed by atoms with Crippen molar-refractivity contribution in [2.24, 2.45) is 5.73 Å². The number of rotatable bonds is 3. The molecule has 1 aliphatic heterocycles. The second kappa shape index (κ2) is 6.49. The third-order valence-electron chi connectivity index (χ3n) is 5.70. The first-order valence-corrected chi connectivity index (χ1v) is 10.2. The lowest BCUT2D eigenvalue weighted by Crippen LogP contribution is -2.27. The van der Waals surface area contributed by atoms with Gasteiger partial charge in [-0.05, 0) is 51.3 Å². The molecule has 1 unspecified atom stereocenters. The highest BCUT2D eigenvalue weighted by atomic mass is 16.5. The van der Waals surface area contributed by atoms with Crippen LogP contribution in [0, 0.1) is 11.3 Å². The van der Waals surface area contributed by atoms with Crippen LogP contribution in [0.4, 0.5) is 0 Å². The van der Waals surface area contributed by atoms with Crippen molar-refractivity contribution in [2.45, 2.75) is 51.0 Å². The van der Waals surface area contributed by atoms with Gasteiger partial charge in [0.05, 0.1) is 29.0 Å². The largest absolute Gasteiger partial charge is 0.422 e. The van der Waals surface area contributed by atoms with Crippen LogP contribution < -0.4 is 10.5 Å². The van der Waals surface area contributed by atoms with Gasteiger partial charge in [0.25, 0.3) is 0 Å². The van der Waals surface area contributed by atoms with Crippen molar-refractivity contribution < 1.29 is 4.74 Å². The Morgan fingerprint density at radius 1 is 1.20 bits per heavy atom. The average molecular weight is 400 g/mol. The molecular formula is C23H24N6O. The predicted octanol–water partition coefficient (Wildman–Crippen LogP) is 3.92. The fraction of sp³-hybridized carbons (Fsp3) is 0.348. The molecule has 1 atom stereocenters. The molecular weight excluding hydrogens is 376 g/mol. The highest BCUT2D eigenvalue weighted by Gasteiger charge is 2.42. The first-order valence-electron chi connectivity index (χ1n) is 10.2. The number of benzene rings is 1. The molecule has 5 rings (SSSR count). The number of imidazole rings is 1. The van der Waals surface area contributed by atoms with E-state index in [1.165, 1.54) is 0 Å². The molecule has 7 nitrogen and oxygen atoms in total. The normalized spacial score (nSPS) is 18.7. The van der Waals surface area contributed by atoms with Gasteiger partial charge in [0.15, 0.2) is 0 Å². The van der Waals surface area contributed by atoms with Gasteiger partial charge in [-0.2, -0.15) is 10.4 Å². The highest BCUT2D eigenvalue weighted by Crippen LogP contribution is 2.51. The fourth-order valence-electron chi connectivity index (χ4n) is 4.06. The summed E-state index contributed by atoms with van der Waals surface area (Å²) >= 11 is 0. The van der Waals surface area contributed by atoms with Crippen molar-refractivity contribution in [3.63, 3.8) is 0 Å². The van der Waals surface area contributed by atoms with Gasteiger partial charge in [-0.25, -0.2) is 9.67 Å². The average Bonchev–Trinajstić information content (AvgIpc) is 3.26. The Kier molecular flexibility index (Phi) is 4.00. The molecule has 2 aliphatic rings. The van der Waals surface area contributed by atoms with Crippen LogP contribution in [0.5, 0.6) is 5.88 Å². The lowest BCUT2D eigenvalue weighted by molar-refractivity contribution is 0.277. The van der Waals surface area contributed by atoms with E-state index < -0.39 is 0 Å². The molecule has 3 heterocycles. The maximum Gasteiger partial charge on any atom is 0.224 e. The second-order valence-electron chi connectivity index (χ2n) is 8.95. The number of nitrogens with two attached hydrogens (primary N) is 1. The van der Waals surface area contributed by atoms with E-state index in [1.807, 2.05) is 39.7 Å². The predicted molar refractivity (Wildman–Crippen MR) is 112 cm³/mol. The number of nitriles is 1. The summed E-state index contributed by atoms with van der Waals surface area (Å²) in [5.74, 6) is 0.936. The summed E-state index contributed by atoms with van der Waals surface area (Å²) in [6, 6.07) is 10.5. The molecule has 3 aromatic rings. The van der Waals surface area contributed by atoms with Crippen LogP contribution in [-0.2, 0) is 5.54 Å². The van der Waals surface area contributed by atoms with Crippen LogP contribution >= 0.6 is 0 Å². The topological polar surface area (TPSA) is 94.7 Å². The van der Waals surface area contributed by atoms with Crippen molar-refractivity contribution in [3.05, 3.63) is 71.3 Å². The summed E-state index contributed by atoms with van der Waals surface area (Å²) in [6.07, 6.45) is 7.64. The molecule has 2 aromatic heterocycles. The Balaban J connectivity index is 1.68. The molecule has 30 heavy (non-hydrogen) atoms. The van der Waals surface area contributed by atoms with Crippen LogP contribution in [-0.4, -0.2) is 19.3 Å². The van der Waals surface area contributed by atoms with Gasteiger partial charge < -0.3 is 15.0 Å². The van der Waals surface area contributed by atoms with Crippen LogP contribution in [0.15, 0.2) is 54.4 Å². The van der Waals surface area contributed by atoms with E-state index in [9.17, 15) is 5.26 Å². The van der Waals surface area contributed by atoms with Crippen LogP contribution in [0.3, 0.4) is 0 Å². The maximum absolute atomic E-state index is 9.93. The van der Waals surface area contributed by atoms with E-state index in [4.69, 9.17) is 15.6 Å². The molecule has 2 N–H and O–H groups in total. The molecule has 1 aliphatic carbocycles. The smallest absolute Gasteiger partial charge is 0.224 e. The Morgan fingerprint density at radius 3 is 2.50 bits per heavy atom. The third-order valence-corrected chi connectivity index (χ3v) is 5.70. The van der Waals surface area contributed by atoms with E-state index in [-0.39, 0.29) is 17.3 Å². The van der Waals surface area contributed by atoms with Gasteiger partial charge in [0.2, 0.25) is 11.8 Å². The number of fused-ring (bicyclic) bond motifs is 1. The van der Waals surface area contributed by atoms with E-state index in [2.05, 4.69) is 31.8 Å². The molecule has 0 radical (unpaired) electrons. The summed E-state index contributed by atoms with van der Waals surface area (Å²) in [7, 11) is 0. The molecule has 1 fully saturated rings. The van der Waals surface area contributed by atoms with Crippen molar-refractivity contribution in [2.75, 3.05) is 0 Å². The Bertz CT molecular complexity index is 1170. The van der Waals surface area contributed by atoms with Crippen LogP contribution in [0.1, 0.15) is 62.3 Å². The SMILES string of the molecule is CC(C)(C)n1nc(C2CC2)c2c1OC(N)=C(C#N)C2c1ccc(-n2ccnc2)cc1. The number of allylic oxidation sites excluding steroid dienone is 1. The number of nitrogens with zero attached hydrogens (tertiary/aromatic N) is 5. The lowest BCUT2D eigenvalue weighted by Gasteiger charge is -2.28. The summed E-state index contributed by atoms with van der Waals surface area (Å²) in [4.78, 5) is 4.11. The van der Waals surface area contributed by atoms with Gasteiger partial charge in [0, 0.05) is 24.0 Å². The lowest BCUT2D eigenvalue weighted by atomic mass is 9.83. The van der Waals surface area contributed by atoms with Crippen LogP contribution in [0.25, 0.3) is 5.69 Å². The zero-order valence-electron chi connectivity index (χ0n) is 17.3. The quantitative estimate of drug-likeness (QED) is 0.719.